The lowest BCUT2D eigenvalue weighted by Gasteiger charge is -2.31. The van der Waals surface area contributed by atoms with Crippen LogP contribution in [0.25, 0.3) is 0 Å². The van der Waals surface area contributed by atoms with Crippen LogP contribution in [0.5, 0.6) is 0 Å². The standard InChI is InChI=1S/C13H25NO3/c1-6-7-9(2)12(17)14-10(8-11(15)16)13(3,4)5/h9-10H,6-8H2,1-5H3,(H,14,17)(H,15,16). The Hall–Kier alpha value is -1.06. The van der Waals surface area contributed by atoms with Crippen LogP contribution in [0.3, 0.4) is 0 Å². The summed E-state index contributed by atoms with van der Waals surface area (Å²) in [6.07, 6.45) is 1.75. The fraction of sp³-hybridized carbons (Fsp3) is 0.846. The first-order valence-corrected chi connectivity index (χ1v) is 6.20. The molecule has 0 bridgehead atoms. The van der Waals surface area contributed by atoms with Crippen LogP contribution >= 0.6 is 0 Å². The third-order valence-corrected chi connectivity index (χ3v) is 2.91. The molecule has 0 aromatic carbocycles. The van der Waals surface area contributed by atoms with Gasteiger partial charge in [0.25, 0.3) is 0 Å². The Bertz CT molecular complexity index is 268. The van der Waals surface area contributed by atoms with E-state index >= 15 is 0 Å². The Morgan fingerprint density at radius 3 is 2.18 bits per heavy atom. The highest BCUT2D eigenvalue weighted by Crippen LogP contribution is 2.22. The van der Waals surface area contributed by atoms with Crippen molar-refractivity contribution in [2.75, 3.05) is 0 Å². The van der Waals surface area contributed by atoms with Gasteiger partial charge in [0.15, 0.2) is 0 Å². The molecule has 0 spiro atoms. The SMILES string of the molecule is CCCC(C)C(=O)NC(CC(=O)O)C(C)(C)C. The van der Waals surface area contributed by atoms with E-state index in [0.29, 0.717) is 0 Å². The van der Waals surface area contributed by atoms with Crippen molar-refractivity contribution in [2.45, 2.75) is 59.9 Å². The molecule has 100 valence electrons. The van der Waals surface area contributed by atoms with E-state index in [0.717, 1.165) is 12.8 Å². The molecule has 0 aliphatic carbocycles. The third kappa shape index (κ3) is 6.29. The Labute approximate surface area is 104 Å². The highest BCUT2D eigenvalue weighted by molar-refractivity contribution is 5.79. The zero-order chi connectivity index (χ0) is 13.6. The maximum absolute atomic E-state index is 11.9. The number of carboxylic acids is 1. The minimum Gasteiger partial charge on any atom is -0.481 e. The number of hydrogen-bond acceptors (Lipinski definition) is 2. The maximum atomic E-state index is 11.9. The van der Waals surface area contributed by atoms with Crippen LogP contribution in [0.1, 0.15) is 53.9 Å². The second kappa shape index (κ2) is 6.62. The Morgan fingerprint density at radius 1 is 1.29 bits per heavy atom. The van der Waals surface area contributed by atoms with Crippen molar-refractivity contribution in [3.8, 4) is 0 Å². The number of nitrogens with one attached hydrogen (secondary N) is 1. The Balaban J connectivity index is 4.54. The van der Waals surface area contributed by atoms with E-state index in [-0.39, 0.29) is 29.7 Å². The minimum atomic E-state index is -0.881. The number of carbonyl (C=O) groups is 2. The van der Waals surface area contributed by atoms with E-state index in [4.69, 9.17) is 5.11 Å². The molecule has 0 aliphatic heterocycles. The fourth-order valence-electron chi connectivity index (χ4n) is 1.63. The summed E-state index contributed by atoms with van der Waals surface area (Å²) in [6.45, 7) is 9.71. The summed E-state index contributed by atoms with van der Waals surface area (Å²) in [6, 6.07) is -0.327. The lowest BCUT2D eigenvalue weighted by Crippen LogP contribution is -2.46. The molecule has 0 aromatic rings. The van der Waals surface area contributed by atoms with E-state index in [1.807, 2.05) is 34.6 Å². The number of aliphatic carboxylic acids is 1. The van der Waals surface area contributed by atoms with E-state index in [1.54, 1.807) is 0 Å². The van der Waals surface area contributed by atoms with Crippen molar-refractivity contribution >= 4 is 11.9 Å². The van der Waals surface area contributed by atoms with Gasteiger partial charge < -0.3 is 10.4 Å². The van der Waals surface area contributed by atoms with Crippen molar-refractivity contribution in [1.29, 1.82) is 0 Å². The molecule has 2 atom stereocenters. The van der Waals surface area contributed by atoms with Gasteiger partial charge in [-0.25, -0.2) is 0 Å². The monoisotopic (exact) mass is 243 g/mol. The third-order valence-electron chi connectivity index (χ3n) is 2.91. The molecule has 0 saturated carbocycles. The molecule has 0 aliphatic rings. The van der Waals surface area contributed by atoms with Crippen LogP contribution in [0.2, 0.25) is 0 Å². The Kier molecular flexibility index (Phi) is 6.21. The van der Waals surface area contributed by atoms with E-state index in [2.05, 4.69) is 5.32 Å². The molecule has 1 amide bonds. The predicted octanol–water partition coefficient (Wildman–Crippen LogP) is 2.43. The van der Waals surface area contributed by atoms with Gasteiger partial charge in [-0.3, -0.25) is 9.59 Å². The molecular weight excluding hydrogens is 218 g/mol. The fourth-order valence-corrected chi connectivity index (χ4v) is 1.63. The minimum absolute atomic E-state index is 0.0336. The first kappa shape index (κ1) is 15.9. The van der Waals surface area contributed by atoms with Crippen LogP contribution in [0, 0.1) is 11.3 Å². The van der Waals surface area contributed by atoms with Crippen LogP contribution in [0.4, 0.5) is 0 Å². The van der Waals surface area contributed by atoms with E-state index < -0.39 is 5.97 Å². The average molecular weight is 243 g/mol. The van der Waals surface area contributed by atoms with Crippen LogP contribution in [-0.4, -0.2) is 23.0 Å². The summed E-state index contributed by atoms with van der Waals surface area (Å²) in [7, 11) is 0. The highest BCUT2D eigenvalue weighted by atomic mass is 16.4. The molecule has 0 radical (unpaired) electrons. The second-order valence-electron chi connectivity index (χ2n) is 5.71. The molecule has 4 heteroatoms. The lowest BCUT2D eigenvalue weighted by atomic mass is 9.84. The topological polar surface area (TPSA) is 66.4 Å². The summed E-state index contributed by atoms with van der Waals surface area (Å²) in [5.74, 6) is -0.986. The van der Waals surface area contributed by atoms with Gasteiger partial charge in [-0.1, -0.05) is 41.0 Å². The molecule has 0 fully saturated rings. The first-order chi connectivity index (χ1) is 7.68. The molecule has 0 rings (SSSR count). The molecule has 0 saturated heterocycles. The van der Waals surface area contributed by atoms with Crippen LogP contribution < -0.4 is 5.32 Å². The molecule has 2 N–H and O–H groups in total. The summed E-state index contributed by atoms with van der Waals surface area (Å²) >= 11 is 0. The van der Waals surface area contributed by atoms with Crippen molar-refractivity contribution < 1.29 is 14.7 Å². The van der Waals surface area contributed by atoms with Gasteiger partial charge in [0, 0.05) is 12.0 Å². The molecular formula is C13H25NO3. The summed E-state index contributed by atoms with van der Waals surface area (Å²) in [5.41, 5.74) is -0.250. The van der Waals surface area contributed by atoms with Gasteiger partial charge in [0.05, 0.1) is 6.42 Å². The first-order valence-electron chi connectivity index (χ1n) is 6.20. The van der Waals surface area contributed by atoms with Crippen LogP contribution in [0.15, 0.2) is 0 Å². The zero-order valence-electron chi connectivity index (χ0n) is 11.5. The van der Waals surface area contributed by atoms with Gasteiger partial charge in [-0.05, 0) is 11.8 Å². The van der Waals surface area contributed by atoms with E-state index in [1.165, 1.54) is 0 Å². The zero-order valence-corrected chi connectivity index (χ0v) is 11.5. The van der Waals surface area contributed by atoms with Gasteiger partial charge in [-0.2, -0.15) is 0 Å². The lowest BCUT2D eigenvalue weighted by molar-refractivity contribution is -0.138. The molecule has 0 aromatic heterocycles. The number of rotatable bonds is 6. The smallest absolute Gasteiger partial charge is 0.305 e. The van der Waals surface area contributed by atoms with Gasteiger partial charge >= 0.3 is 5.97 Å². The summed E-state index contributed by atoms with van der Waals surface area (Å²) < 4.78 is 0. The number of carbonyl (C=O) groups excluding carboxylic acids is 1. The summed E-state index contributed by atoms with van der Waals surface area (Å²) in [4.78, 5) is 22.6. The molecule has 4 nitrogen and oxygen atoms in total. The predicted molar refractivity (Wildman–Crippen MR) is 67.7 cm³/mol. The van der Waals surface area contributed by atoms with Gasteiger partial charge in [-0.15, -0.1) is 0 Å². The van der Waals surface area contributed by atoms with Crippen LogP contribution in [-0.2, 0) is 9.59 Å². The van der Waals surface area contributed by atoms with E-state index in [9.17, 15) is 9.59 Å². The van der Waals surface area contributed by atoms with Crippen molar-refractivity contribution in [2.24, 2.45) is 11.3 Å². The largest absolute Gasteiger partial charge is 0.481 e. The number of amides is 1. The van der Waals surface area contributed by atoms with Crippen molar-refractivity contribution in [3.05, 3.63) is 0 Å². The number of carboxylic acid groups (broad SMARTS) is 1. The number of hydrogen-bond donors (Lipinski definition) is 2. The maximum Gasteiger partial charge on any atom is 0.305 e. The normalized spacial score (nSPS) is 15.1. The highest BCUT2D eigenvalue weighted by Gasteiger charge is 2.29. The Morgan fingerprint density at radius 2 is 1.82 bits per heavy atom. The molecule has 0 heterocycles. The average Bonchev–Trinajstić information content (AvgIpc) is 2.14. The van der Waals surface area contributed by atoms with Gasteiger partial charge in [0.2, 0.25) is 5.91 Å². The quantitative estimate of drug-likeness (QED) is 0.753. The molecule has 2 unspecified atom stereocenters. The van der Waals surface area contributed by atoms with Crippen molar-refractivity contribution in [1.82, 2.24) is 5.32 Å². The summed E-state index contributed by atoms with van der Waals surface area (Å²) in [5, 5.41) is 11.7. The molecule has 17 heavy (non-hydrogen) atoms. The second-order valence-corrected chi connectivity index (χ2v) is 5.71. The van der Waals surface area contributed by atoms with Gasteiger partial charge in [0.1, 0.15) is 0 Å². The van der Waals surface area contributed by atoms with Crippen molar-refractivity contribution in [3.63, 3.8) is 0 Å².